The van der Waals surface area contributed by atoms with Crippen molar-refractivity contribution in [3.05, 3.63) is 75.6 Å². The molecule has 0 bridgehead atoms. The number of nitrogens with one attached hydrogen (secondary N) is 1. The number of carbonyl (C=O) groups excluding carboxylic acids is 1. The van der Waals surface area contributed by atoms with Gasteiger partial charge in [-0.05, 0) is 17.7 Å². The molecule has 8 heteroatoms. The number of amides is 1. The van der Waals surface area contributed by atoms with Crippen molar-refractivity contribution in [2.45, 2.75) is 6.54 Å². The molecular formula is C16H14FN3O4. The van der Waals surface area contributed by atoms with E-state index in [9.17, 15) is 19.3 Å². The summed E-state index contributed by atoms with van der Waals surface area (Å²) in [5.41, 5.74) is 1.18. The van der Waals surface area contributed by atoms with Gasteiger partial charge in [-0.15, -0.1) is 0 Å². The van der Waals surface area contributed by atoms with E-state index in [1.807, 2.05) is 0 Å². The van der Waals surface area contributed by atoms with Gasteiger partial charge in [0.2, 0.25) is 0 Å². The highest BCUT2D eigenvalue weighted by Crippen LogP contribution is 2.11. The van der Waals surface area contributed by atoms with E-state index >= 15 is 0 Å². The van der Waals surface area contributed by atoms with Gasteiger partial charge in [0.25, 0.3) is 11.6 Å². The number of hydrogen-bond donors (Lipinski definition) is 1. The fourth-order valence-electron chi connectivity index (χ4n) is 1.77. The molecule has 0 saturated carbocycles. The van der Waals surface area contributed by atoms with Crippen LogP contribution in [-0.4, -0.2) is 23.7 Å². The highest BCUT2D eigenvalue weighted by atomic mass is 19.1. The quantitative estimate of drug-likeness (QED) is 0.479. The zero-order valence-electron chi connectivity index (χ0n) is 12.5. The third-order valence-electron chi connectivity index (χ3n) is 2.96. The van der Waals surface area contributed by atoms with Crippen LogP contribution in [0.5, 0.6) is 0 Å². The van der Waals surface area contributed by atoms with Crippen molar-refractivity contribution < 1.29 is 18.9 Å². The van der Waals surface area contributed by atoms with Crippen molar-refractivity contribution in [2.24, 2.45) is 5.16 Å². The monoisotopic (exact) mass is 331 g/mol. The lowest BCUT2D eigenvalue weighted by Crippen LogP contribution is -2.26. The lowest BCUT2D eigenvalue weighted by molar-refractivity contribution is -0.384. The van der Waals surface area contributed by atoms with E-state index in [0.717, 1.165) is 5.56 Å². The van der Waals surface area contributed by atoms with Crippen molar-refractivity contribution in [1.29, 1.82) is 0 Å². The molecule has 0 heterocycles. The maximum atomic E-state index is 12.7. The summed E-state index contributed by atoms with van der Waals surface area (Å²) in [5.74, 6) is -0.737. The van der Waals surface area contributed by atoms with Gasteiger partial charge < -0.3 is 10.2 Å². The third kappa shape index (κ3) is 5.48. The second-order valence-corrected chi connectivity index (χ2v) is 4.76. The minimum Gasteiger partial charge on any atom is -0.386 e. The van der Waals surface area contributed by atoms with Gasteiger partial charge >= 0.3 is 0 Å². The number of oxime groups is 1. The van der Waals surface area contributed by atoms with Crippen LogP contribution in [0.3, 0.4) is 0 Å². The highest BCUT2D eigenvalue weighted by molar-refractivity contribution is 5.80. The first-order chi connectivity index (χ1) is 11.5. The number of non-ortho nitro benzene ring substituents is 1. The van der Waals surface area contributed by atoms with E-state index in [-0.39, 0.29) is 24.7 Å². The standard InChI is InChI=1S/C16H14FN3O4/c17-14-6-4-12(5-7-14)9-18-16(21)11-24-19-10-13-2-1-3-15(8-13)20(22)23/h1-8,10H,9,11H2,(H,18,21)/b19-10-. The van der Waals surface area contributed by atoms with Crippen molar-refractivity contribution in [3.63, 3.8) is 0 Å². The zero-order chi connectivity index (χ0) is 17.4. The van der Waals surface area contributed by atoms with Gasteiger partial charge in [0.1, 0.15) is 5.82 Å². The Hall–Kier alpha value is -3.29. The minimum atomic E-state index is -0.513. The minimum absolute atomic E-state index is 0.0593. The van der Waals surface area contributed by atoms with Gasteiger partial charge in [-0.1, -0.05) is 29.4 Å². The van der Waals surface area contributed by atoms with Gasteiger partial charge in [-0.2, -0.15) is 0 Å². The van der Waals surface area contributed by atoms with Crippen molar-refractivity contribution in [1.82, 2.24) is 5.32 Å². The number of halogens is 1. The number of nitro benzene ring substituents is 1. The highest BCUT2D eigenvalue weighted by Gasteiger charge is 2.04. The summed E-state index contributed by atoms with van der Waals surface area (Å²) in [6.07, 6.45) is 1.28. The second kappa shape index (κ2) is 8.37. The van der Waals surface area contributed by atoms with Gasteiger partial charge in [0.15, 0.2) is 6.61 Å². The van der Waals surface area contributed by atoms with Crippen LogP contribution in [0, 0.1) is 15.9 Å². The molecule has 24 heavy (non-hydrogen) atoms. The largest absolute Gasteiger partial charge is 0.386 e. The van der Waals surface area contributed by atoms with Gasteiger partial charge in [0, 0.05) is 24.2 Å². The lowest BCUT2D eigenvalue weighted by atomic mass is 10.2. The SMILES string of the molecule is O=C(CO/N=C\c1cccc([N+](=O)[O-])c1)NCc1ccc(F)cc1. The first-order valence-corrected chi connectivity index (χ1v) is 6.95. The average molecular weight is 331 g/mol. The topological polar surface area (TPSA) is 93.8 Å². The number of hydrogen-bond acceptors (Lipinski definition) is 5. The number of carbonyl (C=O) groups is 1. The Balaban J connectivity index is 1.75. The predicted molar refractivity (Wildman–Crippen MR) is 84.9 cm³/mol. The number of nitrogens with zero attached hydrogens (tertiary/aromatic N) is 2. The Morgan fingerprint density at radius 1 is 1.29 bits per heavy atom. The molecule has 7 nitrogen and oxygen atoms in total. The summed E-state index contributed by atoms with van der Waals surface area (Å²) in [6.45, 7) is -0.0519. The molecule has 0 radical (unpaired) electrons. The summed E-state index contributed by atoms with van der Waals surface area (Å²) >= 11 is 0. The Kier molecular flexibility index (Phi) is 5.95. The van der Waals surface area contributed by atoms with Crippen LogP contribution in [0.25, 0.3) is 0 Å². The molecule has 0 saturated heterocycles. The van der Waals surface area contributed by atoms with Crippen molar-refractivity contribution in [3.8, 4) is 0 Å². The molecule has 2 aromatic carbocycles. The van der Waals surface area contributed by atoms with E-state index in [1.54, 1.807) is 18.2 Å². The normalized spacial score (nSPS) is 10.5. The summed E-state index contributed by atoms with van der Waals surface area (Å²) < 4.78 is 12.7. The molecule has 0 atom stereocenters. The number of benzene rings is 2. The molecule has 2 aromatic rings. The van der Waals surface area contributed by atoms with Crippen LogP contribution in [0.15, 0.2) is 53.7 Å². The first-order valence-electron chi connectivity index (χ1n) is 6.95. The summed E-state index contributed by atoms with van der Waals surface area (Å²) in [5, 5.41) is 16.8. The van der Waals surface area contributed by atoms with E-state index in [4.69, 9.17) is 4.84 Å². The maximum Gasteiger partial charge on any atom is 0.270 e. The maximum absolute atomic E-state index is 12.7. The van der Waals surface area contributed by atoms with Crippen LogP contribution < -0.4 is 5.32 Å². The molecule has 0 aliphatic heterocycles. The van der Waals surface area contributed by atoms with E-state index in [2.05, 4.69) is 10.5 Å². The number of rotatable bonds is 7. The van der Waals surface area contributed by atoms with Crippen LogP contribution >= 0.6 is 0 Å². The molecule has 124 valence electrons. The number of nitro groups is 1. The third-order valence-corrected chi connectivity index (χ3v) is 2.96. The average Bonchev–Trinajstić information content (AvgIpc) is 2.58. The zero-order valence-corrected chi connectivity index (χ0v) is 12.5. The molecule has 2 rings (SSSR count). The summed E-state index contributed by atoms with van der Waals surface area (Å²) in [4.78, 5) is 26.5. The molecule has 0 fully saturated rings. The van der Waals surface area contributed by atoms with Crippen LogP contribution in [0.2, 0.25) is 0 Å². The van der Waals surface area contributed by atoms with E-state index in [1.165, 1.54) is 36.5 Å². The molecule has 0 aliphatic rings. The summed E-state index contributed by atoms with van der Waals surface area (Å²) in [7, 11) is 0. The molecule has 0 spiro atoms. The second-order valence-electron chi connectivity index (χ2n) is 4.76. The Labute approximate surface area is 136 Å². The Morgan fingerprint density at radius 2 is 2.04 bits per heavy atom. The molecule has 0 unspecified atom stereocenters. The fraction of sp³-hybridized carbons (Fsp3) is 0.125. The molecular weight excluding hydrogens is 317 g/mol. The molecule has 1 amide bonds. The summed E-state index contributed by atoms with van der Waals surface area (Å²) in [6, 6.07) is 11.6. The first kappa shape index (κ1) is 17.1. The van der Waals surface area contributed by atoms with Crippen molar-refractivity contribution in [2.75, 3.05) is 6.61 Å². The Bertz CT molecular complexity index is 747. The van der Waals surface area contributed by atoms with E-state index < -0.39 is 10.8 Å². The van der Waals surface area contributed by atoms with E-state index in [0.29, 0.717) is 5.56 Å². The molecule has 0 aromatic heterocycles. The van der Waals surface area contributed by atoms with Crippen molar-refractivity contribution >= 4 is 17.8 Å². The van der Waals surface area contributed by atoms with Gasteiger partial charge in [-0.25, -0.2) is 4.39 Å². The van der Waals surface area contributed by atoms with Crippen LogP contribution in [-0.2, 0) is 16.2 Å². The Morgan fingerprint density at radius 3 is 2.75 bits per heavy atom. The molecule has 0 aliphatic carbocycles. The van der Waals surface area contributed by atoms with Crippen LogP contribution in [0.4, 0.5) is 10.1 Å². The fourth-order valence-corrected chi connectivity index (χ4v) is 1.77. The smallest absolute Gasteiger partial charge is 0.270 e. The van der Waals surface area contributed by atoms with Crippen LogP contribution in [0.1, 0.15) is 11.1 Å². The predicted octanol–water partition coefficient (Wildman–Crippen LogP) is 2.40. The molecule has 1 N–H and O–H groups in total. The van der Waals surface area contributed by atoms with Gasteiger partial charge in [-0.3, -0.25) is 14.9 Å². The lowest BCUT2D eigenvalue weighted by Gasteiger charge is -2.04. The van der Waals surface area contributed by atoms with Gasteiger partial charge in [0.05, 0.1) is 11.1 Å².